The molecule has 0 spiro atoms. The quantitative estimate of drug-likeness (QED) is 0.470. The fraction of sp³-hybridized carbons (Fsp3) is 0.400. The molecule has 3 nitrogen and oxygen atoms in total. The van der Waals surface area contributed by atoms with Crippen LogP contribution >= 0.6 is 11.6 Å². The minimum Gasteiger partial charge on any atom is -0.388 e. The number of pyridine rings is 1. The Labute approximate surface area is 88.0 Å². The van der Waals surface area contributed by atoms with Crippen molar-refractivity contribution in [2.45, 2.75) is 19.3 Å². The number of nitrogens with two attached hydrogens (primary N) is 1. The molecule has 1 atom stereocenters. The number of hydrogen-bond acceptors (Lipinski definition) is 2. The summed E-state index contributed by atoms with van der Waals surface area (Å²) < 4.78 is 0. The van der Waals surface area contributed by atoms with Crippen molar-refractivity contribution in [1.82, 2.24) is 4.98 Å². The van der Waals surface area contributed by atoms with Gasteiger partial charge in [0.1, 0.15) is 5.15 Å². The maximum atomic E-state index is 5.77. The zero-order valence-electron chi connectivity index (χ0n) is 8.00. The Morgan fingerprint density at radius 2 is 2.43 bits per heavy atom. The summed E-state index contributed by atoms with van der Waals surface area (Å²) >= 11 is 5.77. The third kappa shape index (κ3) is 1.87. The van der Waals surface area contributed by atoms with Crippen molar-refractivity contribution in [3.63, 3.8) is 0 Å². The average Bonchev–Trinajstić information content (AvgIpc) is 2.77. The first-order valence-corrected chi connectivity index (χ1v) is 4.99. The van der Waals surface area contributed by atoms with Crippen molar-refractivity contribution in [2.75, 3.05) is 6.54 Å². The van der Waals surface area contributed by atoms with Crippen LogP contribution in [0.4, 0.5) is 0 Å². The van der Waals surface area contributed by atoms with Gasteiger partial charge in [-0.2, -0.15) is 0 Å². The zero-order valence-corrected chi connectivity index (χ0v) is 8.75. The van der Waals surface area contributed by atoms with Crippen molar-refractivity contribution in [3.05, 3.63) is 28.5 Å². The predicted molar refractivity (Wildman–Crippen MR) is 57.9 cm³/mol. The topological polar surface area (TPSA) is 51.3 Å². The van der Waals surface area contributed by atoms with Gasteiger partial charge in [0.15, 0.2) is 0 Å². The van der Waals surface area contributed by atoms with E-state index >= 15 is 0 Å². The standard InChI is InChI=1S/C10H12ClN3/c1-6(12)13-5-4-8-7-2-3-9(11)14-10(7)8/h2-3,8H,4-5H2,1H3,(H2,12,13). The molecule has 0 radical (unpaired) electrons. The maximum absolute atomic E-state index is 5.77. The second-order valence-corrected chi connectivity index (χ2v) is 3.86. The van der Waals surface area contributed by atoms with Crippen LogP contribution in [0.1, 0.15) is 30.5 Å². The van der Waals surface area contributed by atoms with E-state index in [1.165, 1.54) is 5.56 Å². The highest BCUT2D eigenvalue weighted by molar-refractivity contribution is 6.29. The molecule has 0 amide bonds. The van der Waals surface area contributed by atoms with Crippen molar-refractivity contribution < 1.29 is 0 Å². The van der Waals surface area contributed by atoms with Gasteiger partial charge in [-0.05, 0) is 25.0 Å². The molecule has 2 N–H and O–H groups in total. The number of fused-ring (bicyclic) bond motifs is 1. The maximum Gasteiger partial charge on any atom is 0.129 e. The molecule has 0 aromatic carbocycles. The molecule has 0 aliphatic heterocycles. The monoisotopic (exact) mass is 209 g/mol. The Kier molecular flexibility index (Phi) is 2.42. The van der Waals surface area contributed by atoms with Crippen molar-refractivity contribution in [1.29, 1.82) is 0 Å². The van der Waals surface area contributed by atoms with E-state index in [-0.39, 0.29) is 0 Å². The van der Waals surface area contributed by atoms with Crippen LogP contribution in [0, 0.1) is 0 Å². The molecule has 1 aliphatic carbocycles. The van der Waals surface area contributed by atoms with E-state index in [0.717, 1.165) is 18.7 Å². The third-order valence-corrected chi connectivity index (χ3v) is 2.54. The lowest BCUT2D eigenvalue weighted by molar-refractivity contribution is 0.811. The van der Waals surface area contributed by atoms with E-state index in [9.17, 15) is 0 Å². The summed E-state index contributed by atoms with van der Waals surface area (Å²) in [6.45, 7) is 2.57. The van der Waals surface area contributed by atoms with E-state index in [1.807, 2.05) is 12.1 Å². The molecule has 1 heterocycles. The summed E-state index contributed by atoms with van der Waals surface area (Å²) in [6, 6.07) is 3.87. The van der Waals surface area contributed by atoms with Gasteiger partial charge >= 0.3 is 0 Å². The fourth-order valence-electron chi connectivity index (χ4n) is 1.59. The molecule has 0 saturated carbocycles. The lowest BCUT2D eigenvalue weighted by atomic mass is 10.2. The largest absolute Gasteiger partial charge is 0.388 e. The number of aromatic nitrogens is 1. The van der Waals surface area contributed by atoms with Crippen LogP contribution in [0.2, 0.25) is 5.15 Å². The number of rotatable bonds is 3. The number of amidine groups is 1. The lowest BCUT2D eigenvalue weighted by Gasteiger charge is -1.92. The van der Waals surface area contributed by atoms with Crippen molar-refractivity contribution in [3.8, 4) is 0 Å². The first-order valence-electron chi connectivity index (χ1n) is 4.61. The smallest absolute Gasteiger partial charge is 0.129 e. The minimum absolute atomic E-state index is 0.464. The van der Waals surface area contributed by atoms with Gasteiger partial charge < -0.3 is 5.73 Å². The Morgan fingerprint density at radius 3 is 3.07 bits per heavy atom. The second kappa shape index (κ2) is 3.58. The molecule has 1 aromatic rings. The van der Waals surface area contributed by atoms with Gasteiger partial charge in [-0.1, -0.05) is 17.7 Å². The zero-order chi connectivity index (χ0) is 10.1. The van der Waals surface area contributed by atoms with E-state index in [1.54, 1.807) is 6.92 Å². The number of halogens is 1. The first kappa shape index (κ1) is 9.46. The molecule has 0 bridgehead atoms. The van der Waals surface area contributed by atoms with E-state index in [4.69, 9.17) is 17.3 Å². The number of hydrogen-bond donors (Lipinski definition) is 1. The average molecular weight is 210 g/mol. The molecule has 1 aliphatic rings. The number of aliphatic imine (C=N–C) groups is 1. The van der Waals surface area contributed by atoms with Crippen LogP contribution in [0.5, 0.6) is 0 Å². The van der Waals surface area contributed by atoms with Gasteiger partial charge in [0.25, 0.3) is 0 Å². The summed E-state index contributed by atoms with van der Waals surface area (Å²) in [5, 5.41) is 0.574. The van der Waals surface area contributed by atoms with Crippen LogP contribution in [0.15, 0.2) is 17.1 Å². The molecular formula is C10H12ClN3. The molecule has 1 aromatic heterocycles. The Bertz CT molecular complexity index is 383. The van der Waals surface area contributed by atoms with Crippen LogP contribution < -0.4 is 5.73 Å². The summed E-state index contributed by atoms with van der Waals surface area (Å²) in [5.74, 6) is 1.10. The minimum atomic E-state index is 0.464. The van der Waals surface area contributed by atoms with Gasteiger partial charge in [0.05, 0.1) is 11.5 Å². The number of nitrogens with zero attached hydrogens (tertiary/aromatic N) is 2. The SMILES string of the molecule is CC(N)=NCCC1c2ccc(Cl)nc21. The van der Waals surface area contributed by atoms with Gasteiger partial charge in [0, 0.05) is 12.5 Å². The molecule has 2 rings (SSSR count). The predicted octanol–water partition coefficient (Wildman–Crippen LogP) is 1.95. The molecule has 74 valence electrons. The van der Waals surface area contributed by atoms with Gasteiger partial charge in [0.2, 0.25) is 0 Å². The summed E-state index contributed by atoms with van der Waals surface area (Å²) in [6.07, 6.45) is 0.983. The normalized spacial score (nSPS) is 19.3. The van der Waals surface area contributed by atoms with Crippen LogP contribution in [-0.2, 0) is 0 Å². The highest BCUT2D eigenvalue weighted by Gasteiger charge is 2.33. The van der Waals surface area contributed by atoms with Crippen molar-refractivity contribution in [2.24, 2.45) is 10.7 Å². The lowest BCUT2D eigenvalue weighted by Crippen LogP contribution is -2.06. The summed E-state index contributed by atoms with van der Waals surface area (Å²) in [4.78, 5) is 8.37. The summed E-state index contributed by atoms with van der Waals surface area (Å²) in [5.41, 5.74) is 7.87. The van der Waals surface area contributed by atoms with E-state index in [2.05, 4.69) is 9.98 Å². The van der Waals surface area contributed by atoms with Gasteiger partial charge in [-0.25, -0.2) is 4.98 Å². The molecular weight excluding hydrogens is 198 g/mol. The van der Waals surface area contributed by atoms with Crippen LogP contribution in [0.3, 0.4) is 0 Å². The molecule has 14 heavy (non-hydrogen) atoms. The van der Waals surface area contributed by atoms with Gasteiger partial charge in [-0.3, -0.25) is 4.99 Å². The highest BCUT2D eigenvalue weighted by Crippen LogP contribution is 2.44. The first-order chi connectivity index (χ1) is 6.68. The second-order valence-electron chi connectivity index (χ2n) is 3.47. The Hall–Kier alpha value is -1.09. The van der Waals surface area contributed by atoms with Crippen LogP contribution in [0.25, 0.3) is 0 Å². The Morgan fingerprint density at radius 1 is 1.64 bits per heavy atom. The molecule has 4 heteroatoms. The van der Waals surface area contributed by atoms with Gasteiger partial charge in [-0.15, -0.1) is 0 Å². The summed E-state index contributed by atoms with van der Waals surface area (Å²) in [7, 11) is 0. The van der Waals surface area contributed by atoms with E-state index < -0.39 is 0 Å². The molecule has 0 fully saturated rings. The molecule has 1 unspecified atom stereocenters. The fourth-order valence-corrected chi connectivity index (χ4v) is 1.75. The molecule has 0 saturated heterocycles. The van der Waals surface area contributed by atoms with Crippen LogP contribution in [-0.4, -0.2) is 17.4 Å². The van der Waals surface area contributed by atoms with E-state index in [0.29, 0.717) is 16.9 Å². The van der Waals surface area contributed by atoms with Crippen molar-refractivity contribution >= 4 is 17.4 Å². The Balaban J connectivity index is 1.91. The third-order valence-electron chi connectivity index (χ3n) is 2.32. The highest BCUT2D eigenvalue weighted by atomic mass is 35.5.